The second-order valence-electron chi connectivity index (χ2n) is 4.95. The maximum Gasteiger partial charge on any atom is 0.307 e. The van der Waals surface area contributed by atoms with Crippen molar-refractivity contribution in [2.45, 2.75) is 24.7 Å². The number of hydrogen-bond acceptors (Lipinski definition) is 3. The number of benzene rings is 1. The molecular weight excluding hydrogens is 285 g/mol. The Labute approximate surface area is 117 Å². The van der Waals surface area contributed by atoms with E-state index < -0.39 is 27.7 Å². The summed E-state index contributed by atoms with van der Waals surface area (Å²) in [5, 5.41) is 9.01. The monoisotopic (exact) mass is 301 g/mol. The molecule has 0 radical (unpaired) electrons. The third-order valence-corrected chi connectivity index (χ3v) is 5.51. The Hall–Kier alpha value is -1.47. The van der Waals surface area contributed by atoms with Crippen molar-refractivity contribution in [3.63, 3.8) is 0 Å². The highest BCUT2D eigenvalue weighted by atomic mass is 32.2. The molecule has 1 aromatic rings. The number of carboxylic acid groups (broad SMARTS) is 1. The van der Waals surface area contributed by atoms with Gasteiger partial charge in [0.1, 0.15) is 5.82 Å². The Morgan fingerprint density at radius 3 is 2.80 bits per heavy atom. The molecule has 1 fully saturated rings. The Kier molecular flexibility index (Phi) is 4.10. The molecule has 0 unspecified atom stereocenters. The zero-order valence-electron chi connectivity index (χ0n) is 11.0. The molecule has 5 nitrogen and oxygen atoms in total. The molecule has 7 heteroatoms. The number of sulfonamides is 1. The number of piperidine rings is 1. The van der Waals surface area contributed by atoms with Gasteiger partial charge in [0, 0.05) is 13.1 Å². The summed E-state index contributed by atoms with van der Waals surface area (Å²) in [6.45, 7) is 1.79. The first-order valence-electron chi connectivity index (χ1n) is 6.31. The number of carbonyl (C=O) groups is 1. The first-order chi connectivity index (χ1) is 9.32. The van der Waals surface area contributed by atoms with E-state index in [-0.39, 0.29) is 18.0 Å². The van der Waals surface area contributed by atoms with Crippen molar-refractivity contribution in [2.75, 3.05) is 13.1 Å². The molecule has 1 aromatic carbocycles. The van der Waals surface area contributed by atoms with E-state index in [9.17, 15) is 17.6 Å². The number of nitrogens with zero attached hydrogens (tertiary/aromatic N) is 1. The average Bonchev–Trinajstić information content (AvgIpc) is 2.41. The SMILES string of the molecule is Cc1ccc(F)cc1S(=O)(=O)N1CCC[C@H](C(=O)O)C1. The van der Waals surface area contributed by atoms with Gasteiger partial charge in [-0.3, -0.25) is 4.79 Å². The summed E-state index contributed by atoms with van der Waals surface area (Å²) in [5.41, 5.74) is 0.448. The van der Waals surface area contributed by atoms with Crippen LogP contribution in [0, 0.1) is 18.7 Å². The van der Waals surface area contributed by atoms with Crippen molar-refractivity contribution < 1.29 is 22.7 Å². The molecule has 110 valence electrons. The average molecular weight is 301 g/mol. The fourth-order valence-corrected chi connectivity index (χ4v) is 4.11. The van der Waals surface area contributed by atoms with Gasteiger partial charge in [-0.25, -0.2) is 12.8 Å². The van der Waals surface area contributed by atoms with Crippen LogP contribution in [0.4, 0.5) is 4.39 Å². The molecule has 2 rings (SSSR count). The molecule has 1 aliphatic rings. The second kappa shape index (κ2) is 5.49. The smallest absolute Gasteiger partial charge is 0.307 e. The fourth-order valence-electron chi connectivity index (χ4n) is 2.35. The van der Waals surface area contributed by atoms with E-state index in [4.69, 9.17) is 5.11 Å². The van der Waals surface area contributed by atoms with Crippen LogP contribution in [-0.2, 0) is 14.8 Å². The van der Waals surface area contributed by atoms with Crippen LogP contribution in [0.2, 0.25) is 0 Å². The molecule has 0 amide bonds. The van der Waals surface area contributed by atoms with Crippen molar-refractivity contribution in [3.05, 3.63) is 29.6 Å². The van der Waals surface area contributed by atoms with Crippen molar-refractivity contribution in [3.8, 4) is 0 Å². The molecule has 1 atom stereocenters. The molecule has 0 saturated carbocycles. The molecular formula is C13H16FNO4S. The van der Waals surface area contributed by atoms with Crippen LogP contribution in [0.15, 0.2) is 23.1 Å². The van der Waals surface area contributed by atoms with Crippen molar-refractivity contribution in [2.24, 2.45) is 5.92 Å². The summed E-state index contributed by atoms with van der Waals surface area (Å²) < 4.78 is 39.4. The van der Waals surface area contributed by atoms with Gasteiger partial charge in [0.25, 0.3) is 0 Å². The normalized spacial score (nSPS) is 20.8. The lowest BCUT2D eigenvalue weighted by atomic mass is 10.0. The summed E-state index contributed by atoms with van der Waals surface area (Å²) in [6, 6.07) is 3.58. The van der Waals surface area contributed by atoms with Gasteiger partial charge in [-0.2, -0.15) is 4.31 Å². The van der Waals surface area contributed by atoms with E-state index in [2.05, 4.69) is 0 Å². The van der Waals surface area contributed by atoms with Crippen LogP contribution in [0.1, 0.15) is 18.4 Å². The number of aryl methyl sites for hydroxylation is 1. The highest BCUT2D eigenvalue weighted by Crippen LogP contribution is 2.26. The number of rotatable bonds is 3. The molecule has 1 N–H and O–H groups in total. The number of halogens is 1. The Bertz CT molecular complexity index is 629. The molecule has 20 heavy (non-hydrogen) atoms. The van der Waals surface area contributed by atoms with Crippen LogP contribution in [-0.4, -0.2) is 36.9 Å². The molecule has 0 bridgehead atoms. The van der Waals surface area contributed by atoms with Gasteiger partial charge in [-0.05, 0) is 37.5 Å². The third kappa shape index (κ3) is 2.83. The van der Waals surface area contributed by atoms with Crippen LogP contribution in [0.5, 0.6) is 0 Å². The first-order valence-corrected chi connectivity index (χ1v) is 7.75. The number of carboxylic acids is 1. The predicted octanol–water partition coefficient (Wildman–Crippen LogP) is 1.62. The Morgan fingerprint density at radius 2 is 2.15 bits per heavy atom. The van der Waals surface area contributed by atoms with Gasteiger partial charge in [0.05, 0.1) is 10.8 Å². The van der Waals surface area contributed by atoms with E-state index in [0.717, 1.165) is 10.4 Å². The standard InChI is InChI=1S/C13H16FNO4S/c1-9-4-5-11(14)7-12(9)20(18,19)15-6-2-3-10(8-15)13(16)17/h4-5,7,10H,2-3,6,8H2,1H3,(H,16,17)/t10-/m0/s1. The van der Waals surface area contributed by atoms with Gasteiger partial charge in [0.15, 0.2) is 0 Å². The maximum atomic E-state index is 13.3. The highest BCUT2D eigenvalue weighted by molar-refractivity contribution is 7.89. The lowest BCUT2D eigenvalue weighted by Gasteiger charge is -2.30. The highest BCUT2D eigenvalue weighted by Gasteiger charge is 2.34. The molecule has 1 saturated heterocycles. The van der Waals surface area contributed by atoms with E-state index in [0.29, 0.717) is 18.4 Å². The lowest BCUT2D eigenvalue weighted by Crippen LogP contribution is -2.42. The van der Waals surface area contributed by atoms with Gasteiger partial charge in [0.2, 0.25) is 10.0 Å². The zero-order valence-corrected chi connectivity index (χ0v) is 11.9. The summed E-state index contributed by atoms with van der Waals surface area (Å²) in [5.74, 6) is -2.32. The number of hydrogen-bond donors (Lipinski definition) is 1. The molecule has 0 spiro atoms. The summed E-state index contributed by atoms with van der Waals surface area (Å²) in [7, 11) is -3.85. The summed E-state index contributed by atoms with van der Waals surface area (Å²) >= 11 is 0. The van der Waals surface area contributed by atoms with Crippen LogP contribution in [0.25, 0.3) is 0 Å². The quantitative estimate of drug-likeness (QED) is 0.920. The summed E-state index contributed by atoms with van der Waals surface area (Å²) in [6.07, 6.45) is 0.952. The second-order valence-corrected chi connectivity index (χ2v) is 6.86. The summed E-state index contributed by atoms with van der Waals surface area (Å²) in [4.78, 5) is 10.9. The minimum atomic E-state index is -3.85. The van der Waals surface area contributed by atoms with E-state index in [1.807, 2.05) is 0 Å². The van der Waals surface area contributed by atoms with Crippen molar-refractivity contribution in [1.82, 2.24) is 4.31 Å². The van der Waals surface area contributed by atoms with Crippen LogP contribution in [0.3, 0.4) is 0 Å². The third-order valence-electron chi connectivity index (χ3n) is 3.50. The van der Waals surface area contributed by atoms with Gasteiger partial charge in [-0.1, -0.05) is 6.07 Å². The Balaban J connectivity index is 2.35. The van der Waals surface area contributed by atoms with E-state index in [1.165, 1.54) is 12.1 Å². The molecule has 0 aromatic heterocycles. The van der Waals surface area contributed by atoms with Gasteiger partial charge < -0.3 is 5.11 Å². The minimum absolute atomic E-state index is 0.0619. The van der Waals surface area contributed by atoms with Gasteiger partial charge in [-0.15, -0.1) is 0 Å². The van der Waals surface area contributed by atoms with Crippen LogP contribution >= 0.6 is 0 Å². The van der Waals surface area contributed by atoms with E-state index in [1.54, 1.807) is 6.92 Å². The molecule has 1 heterocycles. The minimum Gasteiger partial charge on any atom is -0.481 e. The van der Waals surface area contributed by atoms with Crippen LogP contribution < -0.4 is 0 Å². The van der Waals surface area contributed by atoms with Gasteiger partial charge >= 0.3 is 5.97 Å². The lowest BCUT2D eigenvalue weighted by molar-refractivity contribution is -0.142. The molecule has 0 aliphatic carbocycles. The molecule has 1 aliphatic heterocycles. The predicted molar refractivity (Wildman–Crippen MR) is 70.3 cm³/mol. The van der Waals surface area contributed by atoms with E-state index >= 15 is 0 Å². The zero-order chi connectivity index (χ0) is 14.9. The first kappa shape index (κ1) is 14.9. The largest absolute Gasteiger partial charge is 0.481 e. The fraction of sp³-hybridized carbons (Fsp3) is 0.462. The Morgan fingerprint density at radius 1 is 1.45 bits per heavy atom. The number of aliphatic carboxylic acids is 1. The topological polar surface area (TPSA) is 74.7 Å². The van der Waals surface area contributed by atoms with Crippen molar-refractivity contribution >= 4 is 16.0 Å². The van der Waals surface area contributed by atoms with Crippen molar-refractivity contribution in [1.29, 1.82) is 0 Å². The maximum absolute atomic E-state index is 13.3.